The summed E-state index contributed by atoms with van der Waals surface area (Å²) < 4.78 is 39.7. The second kappa shape index (κ2) is 10.7. The molecule has 1 aromatic heterocycles. The Morgan fingerprint density at radius 2 is 1.88 bits per heavy atom. The summed E-state index contributed by atoms with van der Waals surface area (Å²) in [7, 11) is 0. The number of halogens is 4. The number of hydrogen-bond donors (Lipinski definition) is 2. The lowest BCUT2D eigenvalue weighted by Crippen LogP contribution is -2.49. The molecule has 1 amide bonds. The van der Waals surface area contributed by atoms with Gasteiger partial charge in [-0.15, -0.1) is 6.58 Å². The SMILES string of the molecule is C=CCNc1ncc(-c2ccc(N3C[C@@H]4C[C@H]3CN4CC(F)(F)F)cc2)cc1-c1cc2c(cc1I)C(=O)NCC2. The molecule has 0 unspecified atom stereocenters. The molecule has 2 fully saturated rings. The number of carbonyl (C=O) groups excluding carboxylic acids is 1. The van der Waals surface area contributed by atoms with E-state index in [1.807, 2.05) is 12.3 Å². The number of nitrogens with one attached hydrogen (secondary N) is 2. The highest BCUT2D eigenvalue weighted by Crippen LogP contribution is 2.39. The van der Waals surface area contributed by atoms with Gasteiger partial charge in [0.15, 0.2) is 0 Å². The van der Waals surface area contributed by atoms with E-state index in [0.717, 1.165) is 61.3 Å². The van der Waals surface area contributed by atoms with Crippen LogP contribution in [0, 0.1) is 3.57 Å². The fraction of sp³-hybridized carbons (Fsp3) is 0.333. The van der Waals surface area contributed by atoms with Crippen LogP contribution >= 0.6 is 22.6 Å². The van der Waals surface area contributed by atoms with Crippen LogP contribution in [-0.2, 0) is 6.42 Å². The number of carbonyl (C=O) groups is 1. The molecular weight excluding hydrogens is 630 g/mol. The standard InChI is InChI=1S/C30H29F3IN5O/c1-2-8-35-28-26(25-10-19-7-9-36-29(40)24(19)13-27(25)34)11-20(14-37-28)18-3-5-21(6-4-18)39-16-22-12-23(39)15-38(22)17-30(31,32)33/h2-6,10-11,13-14,22-23H,1,7-9,12,15-17H2,(H,35,37)(H,36,40)/t22-,23-/m0/s1. The number of benzene rings is 2. The highest BCUT2D eigenvalue weighted by molar-refractivity contribution is 14.1. The molecule has 2 N–H and O–H groups in total. The number of likely N-dealkylation sites (tertiary alicyclic amines) is 1. The number of aromatic nitrogens is 1. The Kier molecular flexibility index (Phi) is 7.24. The molecule has 2 saturated heterocycles. The third kappa shape index (κ3) is 5.30. The third-order valence-corrected chi connectivity index (χ3v) is 8.87. The van der Waals surface area contributed by atoms with Crippen molar-refractivity contribution in [3.8, 4) is 22.3 Å². The van der Waals surface area contributed by atoms with Gasteiger partial charge in [-0.25, -0.2) is 4.98 Å². The molecule has 3 aliphatic rings. The number of anilines is 2. The Balaban J connectivity index is 1.27. The maximum atomic E-state index is 12.9. The van der Waals surface area contributed by atoms with Crippen molar-refractivity contribution in [3.63, 3.8) is 0 Å². The Bertz CT molecular complexity index is 1460. The van der Waals surface area contributed by atoms with E-state index in [9.17, 15) is 18.0 Å². The second-order valence-electron chi connectivity index (χ2n) is 10.6. The molecule has 0 spiro atoms. The minimum Gasteiger partial charge on any atom is -0.366 e. The number of nitrogens with zero attached hydrogens (tertiary/aromatic N) is 3. The van der Waals surface area contributed by atoms with E-state index >= 15 is 0 Å². The lowest BCUT2D eigenvalue weighted by Gasteiger charge is -2.35. The van der Waals surface area contributed by atoms with Crippen LogP contribution in [0.5, 0.6) is 0 Å². The quantitative estimate of drug-likeness (QED) is 0.251. The van der Waals surface area contributed by atoms with Crippen molar-refractivity contribution >= 4 is 40.0 Å². The molecule has 10 heteroatoms. The molecule has 2 aromatic carbocycles. The van der Waals surface area contributed by atoms with Gasteiger partial charge < -0.3 is 15.5 Å². The van der Waals surface area contributed by atoms with Gasteiger partial charge in [0.1, 0.15) is 5.82 Å². The minimum atomic E-state index is -4.16. The van der Waals surface area contributed by atoms with Crippen LogP contribution in [0.3, 0.4) is 0 Å². The van der Waals surface area contributed by atoms with Crippen molar-refractivity contribution in [2.24, 2.45) is 0 Å². The molecular formula is C30H29F3IN5O. The molecule has 0 saturated carbocycles. The van der Waals surface area contributed by atoms with Crippen LogP contribution in [0.15, 0.2) is 61.3 Å². The smallest absolute Gasteiger partial charge is 0.366 e. The number of alkyl halides is 3. The zero-order chi connectivity index (χ0) is 28.0. The van der Waals surface area contributed by atoms with E-state index in [0.29, 0.717) is 26.2 Å². The van der Waals surface area contributed by atoms with Crippen LogP contribution in [-0.4, -0.2) is 66.8 Å². The van der Waals surface area contributed by atoms with Gasteiger partial charge in [0.05, 0.1) is 6.54 Å². The fourth-order valence-electron chi connectivity index (χ4n) is 6.12. The van der Waals surface area contributed by atoms with Gasteiger partial charge in [0, 0.05) is 70.4 Å². The van der Waals surface area contributed by atoms with Crippen LogP contribution in [0.25, 0.3) is 22.3 Å². The van der Waals surface area contributed by atoms with E-state index in [4.69, 9.17) is 4.98 Å². The second-order valence-corrected chi connectivity index (χ2v) is 11.7. The zero-order valence-electron chi connectivity index (χ0n) is 21.8. The van der Waals surface area contributed by atoms with E-state index in [-0.39, 0.29) is 18.0 Å². The van der Waals surface area contributed by atoms with Crippen molar-refractivity contribution < 1.29 is 18.0 Å². The predicted molar refractivity (Wildman–Crippen MR) is 160 cm³/mol. The van der Waals surface area contributed by atoms with E-state index in [1.54, 1.807) is 11.0 Å². The summed E-state index contributed by atoms with van der Waals surface area (Å²) in [6, 6.07) is 14.4. The van der Waals surface area contributed by atoms with Crippen LogP contribution in [0.1, 0.15) is 22.3 Å². The lowest BCUT2D eigenvalue weighted by molar-refractivity contribution is -0.148. The summed E-state index contributed by atoms with van der Waals surface area (Å²) in [5, 5.41) is 6.25. The van der Waals surface area contributed by atoms with Gasteiger partial charge in [-0.2, -0.15) is 13.2 Å². The monoisotopic (exact) mass is 659 g/mol. The van der Waals surface area contributed by atoms with Gasteiger partial charge in [-0.05, 0) is 82.5 Å². The number of piperazine rings is 1. The van der Waals surface area contributed by atoms with Gasteiger partial charge in [0.2, 0.25) is 0 Å². The van der Waals surface area contributed by atoms with Gasteiger partial charge in [-0.1, -0.05) is 18.2 Å². The maximum Gasteiger partial charge on any atom is 0.401 e. The van der Waals surface area contributed by atoms with Crippen LogP contribution < -0.4 is 15.5 Å². The summed E-state index contributed by atoms with van der Waals surface area (Å²) >= 11 is 2.28. The van der Waals surface area contributed by atoms with Crippen molar-refractivity contribution in [2.45, 2.75) is 31.1 Å². The van der Waals surface area contributed by atoms with E-state index in [1.165, 1.54) is 0 Å². The third-order valence-electron chi connectivity index (χ3n) is 7.98. The van der Waals surface area contributed by atoms with Gasteiger partial charge in [-0.3, -0.25) is 9.69 Å². The molecule has 6 rings (SSSR count). The Morgan fingerprint density at radius 1 is 1.07 bits per heavy atom. The number of amides is 1. The summed E-state index contributed by atoms with van der Waals surface area (Å²) in [5.41, 5.74) is 6.70. The molecule has 6 nitrogen and oxygen atoms in total. The Morgan fingerprint density at radius 3 is 2.58 bits per heavy atom. The average Bonchev–Trinajstić information content (AvgIpc) is 3.52. The molecule has 3 aliphatic heterocycles. The summed E-state index contributed by atoms with van der Waals surface area (Å²) in [6.07, 6.45) is 1.02. The normalized spacial score (nSPS) is 20.4. The first-order valence-corrected chi connectivity index (χ1v) is 14.4. The molecule has 208 valence electrons. The van der Waals surface area contributed by atoms with E-state index in [2.05, 4.69) is 81.1 Å². The van der Waals surface area contributed by atoms with Crippen LogP contribution in [0.2, 0.25) is 0 Å². The highest BCUT2D eigenvalue weighted by Gasteiger charge is 2.46. The first kappa shape index (κ1) is 27.1. The molecule has 2 bridgehead atoms. The molecule has 3 aromatic rings. The van der Waals surface area contributed by atoms with Crippen molar-refractivity contribution in [1.29, 1.82) is 0 Å². The Labute approximate surface area is 244 Å². The summed E-state index contributed by atoms with van der Waals surface area (Å²) in [6.45, 7) is 5.23. The maximum absolute atomic E-state index is 12.9. The number of fused-ring (bicyclic) bond motifs is 3. The highest BCUT2D eigenvalue weighted by atomic mass is 127. The molecule has 0 aliphatic carbocycles. The molecule has 0 radical (unpaired) electrons. The number of pyridine rings is 1. The van der Waals surface area contributed by atoms with Gasteiger partial charge in [0.25, 0.3) is 5.91 Å². The molecule has 2 atom stereocenters. The minimum absolute atomic E-state index is 0.0398. The molecule has 40 heavy (non-hydrogen) atoms. The lowest BCUT2D eigenvalue weighted by atomic mass is 9.94. The largest absolute Gasteiger partial charge is 0.401 e. The summed E-state index contributed by atoms with van der Waals surface area (Å²) in [4.78, 5) is 20.9. The summed E-state index contributed by atoms with van der Waals surface area (Å²) in [5.74, 6) is 0.705. The predicted octanol–water partition coefficient (Wildman–Crippen LogP) is 5.73. The van der Waals surface area contributed by atoms with E-state index < -0.39 is 12.7 Å². The number of rotatable bonds is 7. The average molecular weight is 659 g/mol. The number of hydrogen-bond acceptors (Lipinski definition) is 5. The van der Waals surface area contributed by atoms with Crippen molar-refractivity contribution in [3.05, 3.63) is 76.0 Å². The van der Waals surface area contributed by atoms with Gasteiger partial charge >= 0.3 is 6.18 Å². The first-order chi connectivity index (χ1) is 19.2. The molecule has 4 heterocycles. The van der Waals surface area contributed by atoms with Crippen molar-refractivity contribution in [1.82, 2.24) is 15.2 Å². The zero-order valence-corrected chi connectivity index (χ0v) is 23.9. The van der Waals surface area contributed by atoms with Crippen molar-refractivity contribution in [2.75, 3.05) is 42.9 Å². The Hall–Kier alpha value is -3.12. The van der Waals surface area contributed by atoms with Crippen LogP contribution in [0.4, 0.5) is 24.7 Å². The topological polar surface area (TPSA) is 60.5 Å². The first-order valence-electron chi connectivity index (χ1n) is 13.3. The fourth-order valence-corrected chi connectivity index (χ4v) is 6.88.